The molecule has 2 N–H and O–H groups in total. The molecule has 116 valence electrons. The molecule has 2 aromatic carbocycles. The van der Waals surface area contributed by atoms with E-state index in [2.05, 4.69) is 0 Å². The van der Waals surface area contributed by atoms with Crippen LogP contribution in [0.4, 0.5) is 4.39 Å². The fourth-order valence-corrected chi connectivity index (χ4v) is 2.16. The third-order valence-electron chi connectivity index (χ3n) is 3.18. The molecule has 0 amide bonds. The van der Waals surface area contributed by atoms with Crippen LogP contribution in [0.5, 0.6) is 11.5 Å². The number of halogens is 1. The van der Waals surface area contributed by atoms with Crippen molar-refractivity contribution in [1.29, 1.82) is 0 Å². The van der Waals surface area contributed by atoms with E-state index in [4.69, 9.17) is 9.84 Å². The molecule has 0 unspecified atom stereocenters. The SMILES string of the molecule is CCOc1ccc(C(=O)c2c(O)cc(CCO)cc2F)cc1. The van der Waals surface area contributed by atoms with Crippen molar-refractivity contribution in [2.75, 3.05) is 13.2 Å². The Kier molecular flexibility index (Phi) is 5.12. The van der Waals surface area contributed by atoms with E-state index in [9.17, 15) is 14.3 Å². The Morgan fingerprint density at radius 1 is 1.23 bits per heavy atom. The number of aromatic hydroxyl groups is 1. The molecule has 0 aromatic heterocycles. The maximum atomic E-state index is 14.1. The predicted molar refractivity (Wildman–Crippen MR) is 79.9 cm³/mol. The van der Waals surface area contributed by atoms with Crippen molar-refractivity contribution in [3.05, 3.63) is 58.9 Å². The monoisotopic (exact) mass is 304 g/mol. The van der Waals surface area contributed by atoms with Gasteiger partial charge in [-0.25, -0.2) is 4.39 Å². The summed E-state index contributed by atoms with van der Waals surface area (Å²) in [5.41, 5.74) is 0.319. The van der Waals surface area contributed by atoms with Gasteiger partial charge in [-0.2, -0.15) is 0 Å². The number of aliphatic hydroxyl groups is 1. The molecule has 0 saturated heterocycles. The number of carbonyl (C=O) groups excluding carboxylic acids is 1. The van der Waals surface area contributed by atoms with Gasteiger partial charge in [-0.3, -0.25) is 4.79 Å². The first-order valence-corrected chi connectivity index (χ1v) is 6.96. The molecule has 2 aromatic rings. The number of hydrogen-bond acceptors (Lipinski definition) is 4. The summed E-state index contributed by atoms with van der Waals surface area (Å²) < 4.78 is 19.4. The molecule has 4 nitrogen and oxygen atoms in total. The lowest BCUT2D eigenvalue weighted by atomic mass is 9.99. The standard InChI is InChI=1S/C17H17FO4/c1-2-22-13-5-3-12(4-6-13)17(21)16-14(18)9-11(7-8-19)10-15(16)20/h3-6,9-10,19-20H,2,7-8H2,1H3. The molecule has 5 heteroatoms. The third kappa shape index (κ3) is 3.43. The van der Waals surface area contributed by atoms with Gasteiger partial charge in [-0.1, -0.05) is 0 Å². The Bertz CT molecular complexity index is 642. The smallest absolute Gasteiger partial charge is 0.199 e. The number of ether oxygens (including phenoxy) is 1. The quantitative estimate of drug-likeness (QED) is 0.805. The van der Waals surface area contributed by atoms with Crippen LogP contribution in [0.15, 0.2) is 36.4 Å². The van der Waals surface area contributed by atoms with Crippen LogP contribution in [0.3, 0.4) is 0 Å². The van der Waals surface area contributed by atoms with E-state index in [0.717, 1.165) is 6.07 Å². The molecular weight excluding hydrogens is 287 g/mol. The topological polar surface area (TPSA) is 66.8 Å². The fourth-order valence-electron chi connectivity index (χ4n) is 2.16. The van der Waals surface area contributed by atoms with Gasteiger partial charge in [-0.15, -0.1) is 0 Å². The number of rotatable bonds is 6. The van der Waals surface area contributed by atoms with Crippen molar-refractivity contribution in [2.45, 2.75) is 13.3 Å². The van der Waals surface area contributed by atoms with Gasteiger partial charge in [0.05, 0.1) is 12.2 Å². The highest BCUT2D eigenvalue weighted by atomic mass is 19.1. The van der Waals surface area contributed by atoms with Crippen LogP contribution >= 0.6 is 0 Å². The molecule has 0 aliphatic carbocycles. The molecule has 0 bridgehead atoms. The Hall–Kier alpha value is -2.40. The number of hydrogen-bond donors (Lipinski definition) is 2. The summed E-state index contributed by atoms with van der Waals surface area (Å²) in [7, 11) is 0. The second-order valence-corrected chi connectivity index (χ2v) is 4.73. The third-order valence-corrected chi connectivity index (χ3v) is 3.18. The summed E-state index contributed by atoms with van der Waals surface area (Å²) in [6, 6.07) is 8.72. The second kappa shape index (κ2) is 7.04. The van der Waals surface area contributed by atoms with E-state index < -0.39 is 17.3 Å². The molecule has 0 radical (unpaired) electrons. The van der Waals surface area contributed by atoms with Gasteiger partial charge in [0.15, 0.2) is 5.78 Å². The Morgan fingerprint density at radius 3 is 2.45 bits per heavy atom. The number of phenols is 1. The first kappa shape index (κ1) is 16.0. The lowest BCUT2D eigenvalue weighted by molar-refractivity contribution is 0.103. The zero-order valence-corrected chi connectivity index (χ0v) is 12.2. The van der Waals surface area contributed by atoms with Gasteiger partial charge in [0, 0.05) is 12.2 Å². The van der Waals surface area contributed by atoms with Crippen LogP contribution in [0.2, 0.25) is 0 Å². The molecule has 0 fully saturated rings. The summed E-state index contributed by atoms with van der Waals surface area (Å²) in [6.45, 7) is 2.19. The molecule has 0 saturated carbocycles. The van der Waals surface area contributed by atoms with Gasteiger partial charge in [0.1, 0.15) is 17.3 Å². The van der Waals surface area contributed by atoms with Crippen molar-refractivity contribution < 1.29 is 24.1 Å². The van der Waals surface area contributed by atoms with Crippen molar-refractivity contribution >= 4 is 5.78 Å². The van der Waals surface area contributed by atoms with Crippen LogP contribution in [-0.2, 0) is 6.42 Å². The predicted octanol–water partition coefficient (Wildman–Crippen LogP) is 2.70. The summed E-state index contributed by atoms with van der Waals surface area (Å²) in [5, 5.41) is 18.7. The van der Waals surface area contributed by atoms with E-state index in [1.54, 1.807) is 12.1 Å². The van der Waals surface area contributed by atoms with E-state index in [0.29, 0.717) is 17.9 Å². The number of benzene rings is 2. The number of phenolic OH excluding ortho intramolecular Hbond substituents is 1. The minimum absolute atomic E-state index is 0.162. The zero-order chi connectivity index (χ0) is 16.1. The minimum atomic E-state index is -0.803. The lowest BCUT2D eigenvalue weighted by Crippen LogP contribution is -2.06. The highest BCUT2D eigenvalue weighted by molar-refractivity contribution is 6.10. The zero-order valence-electron chi connectivity index (χ0n) is 12.2. The fraction of sp³-hybridized carbons (Fsp3) is 0.235. The highest BCUT2D eigenvalue weighted by Gasteiger charge is 2.19. The summed E-state index contributed by atoms with van der Waals surface area (Å²) >= 11 is 0. The first-order chi connectivity index (χ1) is 10.6. The number of ketones is 1. The molecule has 0 spiro atoms. The summed E-state index contributed by atoms with van der Waals surface area (Å²) in [5.74, 6) is -1.22. The van der Waals surface area contributed by atoms with Crippen molar-refractivity contribution in [1.82, 2.24) is 0 Å². The van der Waals surface area contributed by atoms with Gasteiger partial charge < -0.3 is 14.9 Å². The molecule has 0 heterocycles. The van der Waals surface area contributed by atoms with E-state index in [1.165, 1.54) is 18.2 Å². The minimum Gasteiger partial charge on any atom is -0.507 e. The Morgan fingerprint density at radius 2 is 1.91 bits per heavy atom. The molecule has 0 atom stereocenters. The summed E-state index contributed by atoms with van der Waals surface area (Å²) in [6.07, 6.45) is 0.210. The first-order valence-electron chi connectivity index (χ1n) is 6.96. The molecular formula is C17H17FO4. The Balaban J connectivity index is 2.32. The number of aliphatic hydroxyl groups excluding tert-OH is 1. The van der Waals surface area contributed by atoms with Crippen molar-refractivity contribution in [3.63, 3.8) is 0 Å². The second-order valence-electron chi connectivity index (χ2n) is 4.73. The van der Waals surface area contributed by atoms with E-state index in [1.807, 2.05) is 6.92 Å². The van der Waals surface area contributed by atoms with Gasteiger partial charge in [0.2, 0.25) is 0 Å². The number of carbonyl (C=O) groups is 1. The average molecular weight is 304 g/mol. The van der Waals surface area contributed by atoms with Gasteiger partial charge in [0.25, 0.3) is 0 Å². The van der Waals surface area contributed by atoms with Crippen LogP contribution in [0.25, 0.3) is 0 Å². The largest absolute Gasteiger partial charge is 0.507 e. The van der Waals surface area contributed by atoms with Crippen LogP contribution in [0.1, 0.15) is 28.4 Å². The molecule has 2 rings (SSSR count). The molecule has 22 heavy (non-hydrogen) atoms. The molecule has 0 aliphatic rings. The average Bonchev–Trinajstić information content (AvgIpc) is 2.48. The van der Waals surface area contributed by atoms with E-state index >= 15 is 0 Å². The van der Waals surface area contributed by atoms with E-state index in [-0.39, 0.29) is 24.2 Å². The van der Waals surface area contributed by atoms with Crippen LogP contribution < -0.4 is 4.74 Å². The maximum absolute atomic E-state index is 14.1. The lowest BCUT2D eigenvalue weighted by Gasteiger charge is -2.09. The molecule has 0 aliphatic heterocycles. The summed E-state index contributed by atoms with van der Waals surface area (Å²) in [4.78, 5) is 12.3. The van der Waals surface area contributed by atoms with Crippen molar-refractivity contribution in [2.24, 2.45) is 0 Å². The maximum Gasteiger partial charge on any atom is 0.199 e. The van der Waals surface area contributed by atoms with Crippen molar-refractivity contribution in [3.8, 4) is 11.5 Å². The Labute approximate surface area is 127 Å². The van der Waals surface area contributed by atoms with Gasteiger partial charge >= 0.3 is 0 Å². The van der Waals surface area contributed by atoms with Gasteiger partial charge in [-0.05, 0) is 55.3 Å². The van der Waals surface area contributed by atoms with Crippen LogP contribution in [0, 0.1) is 5.82 Å². The van der Waals surface area contributed by atoms with Crippen LogP contribution in [-0.4, -0.2) is 29.2 Å². The normalized spacial score (nSPS) is 10.5. The highest BCUT2D eigenvalue weighted by Crippen LogP contribution is 2.26.